The maximum absolute atomic E-state index is 11.5. The average Bonchev–Trinajstić information content (AvgIpc) is 2.97. The molecule has 0 aliphatic carbocycles. The van der Waals surface area contributed by atoms with Crippen molar-refractivity contribution in [3.05, 3.63) is 11.5 Å². The molecular weight excluding hydrogens is 266 g/mol. The van der Waals surface area contributed by atoms with E-state index in [1.807, 2.05) is 20.8 Å². The van der Waals surface area contributed by atoms with Gasteiger partial charge in [0.2, 0.25) is 0 Å². The lowest BCUT2D eigenvalue weighted by atomic mass is 9.91. The standard InChI is InChI=1S/C11H15N5O2S/c1-5-18-10(17)9-12-8(14-15-9)6-7(11(2,3)4)13-16-19-6/h5H2,1-4H3,(H,12,14,15). The fraction of sp³-hybridized carbons (Fsp3) is 0.545. The molecule has 0 radical (unpaired) electrons. The van der Waals surface area contributed by atoms with E-state index in [0.29, 0.717) is 5.82 Å². The van der Waals surface area contributed by atoms with E-state index >= 15 is 0 Å². The van der Waals surface area contributed by atoms with Gasteiger partial charge in [-0.2, -0.15) is 0 Å². The Morgan fingerprint density at radius 1 is 1.42 bits per heavy atom. The Kier molecular flexibility index (Phi) is 3.61. The quantitative estimate of drug-likeness (QED) is 0.862. The lowest BCUT2D eigenvalue weighted by molar-refractivity contribution is 0.0512. The van der Waals surface area contributed by atoms with E-state index in [1.165, 1.54) is 11.5 Å². The largest absolute Gasteiger partial charge is 0.460 e. The number of carbonyl (C=O) groups excluding carboxylic acids is 1. The van der Waals surface area contributed by atoms with E-state index in [-0.39, 0.29) is 17.8 Å². The highest BCUT2D eigenvalue weighted by molar-refractivity contribution is 7.09. The molecule has 0 unspecified atom stereocenters. The van der Waals surface area contributed by atoms with Gasteiger partial charge >= 0.3 is 5.97 Å². The van der Waals surface area contributed by atoms with Gasteiger partial charge in [-0.3, -0.25) is 5.10 Å². The molecule has 7 nitrogen and oxygen atoms in total. The highest BCUT2D eigenvalue weighted by atomic mass is 32.1. The summed E-state index contributed by atoms with van der Waals surface area (Å²) in [5, 5.41) is 10.7. The van der Waals surface area contributed by atoms with Crippen molar-refractivity contribution in [3.63, 3.8) is 0 Å². The minimum Gasteiger partial charge on any atom is -0.460 e. The van der Waals surface area contributed by atoms with Gasteiger partial charge in [0.1, 0.15) is 4.88 Å². The number of nitrogens with one attached hydrogen (secondary N) is 1. The van der Waals surface area contributed by atoms with Crippen LogP contribution in [0.1, 0.15) is 44.0 Å². The Labute approximate surface area is 114 Å². The summed E-state index contributed by atoms with van der Waals surface area (Å²) in [5.41, 5.74) is 0.670. The molecule has 0 amide bonds. The Hall–Kier alpha value is -1.83. The third-order valence-electron chi connectivity index (χ3n) is 2.36. The third-order valence-corrected chi connectivity index (χ3v) is 3.09. The Morgan fingerprint density at radius 3 is 2.79 bits per heavy atom. The normalized spacial score (nSPS) is 11.6. The van der Waals surface area contributed by atoms with E-state index in [1.54, 1.807) is 6.92 Å². The van der Waals surface area contributed by atoms with Crippen LogP contribution >= 0.6 is 11.5 Å². The SMILES string of the molecule is CCOC(=O)c1n[nH]c(-c2snnc2C(C)(C)C)n1. The molecule has 0 saturated carbocycles. The van der Waals surface area contributed by atoms with Crippen molar-refractivity contribution in [2.24, 2.45) is 0 Å². The first kappa shape index (κ1) is 13.6. The van der Waals surface area contributed by atoms with Gasteiger partial charge in [-0.15, -0.1) is 10.2 Å². The summed E-state index contributed by atoms with van der Waals surface area (Å²) in [6.45, 7) is 8.13. The minimum atomic E-state index is -0.542. The number of esters is 1. The van der Waals surface area contributed by atoms with E-state index < -0.39 is 5.97 Å². The van der Waals surface area contributed by atoms with Crippen molar-refractivity contribution in [1.82, 2.24) is 24.8 Å². The van der Waals surface area contributed by atoms with Crippen LogP contribution in [0.25, 0.3) is 10.7 Å². The molecule has 2 aromatic rings. The van der Waals surface area contributed by atoms with Crippen molar-refractivity contribution in [2.45, 2.75) is 33.1 Å². The van der Waals surface area contributed by atoms with Crippen LogP contribution in [0.5, 0.6) is 0 Å². The van der Waals surface area contributed by atoms with Crippen molar-refractivity contribution < 1.29 is 9.53 Å². The molecule has 2 rings (SSSR count). The summed E-state index contributed by atoms with van der Waals surface area (Å²) in [7, 11) is 0. The lowest BCUT2D eigenvalue weighted by Crippen LogP contribution is -2.13. The molecule has 8 heteroatoms. The van der Waals surface area contributed by atoms with Crippen LogP contribution in [0.3, 0.4) is 0 Å². The van der Waals surface area contributed by atoms with Crippen LogP contribution in [0.4, 0.5) is 0 Å². The monoisotopic (exact) mass is 281 g/mol. The molecule has 0 aliphatic heterocycles. The first-order valence-electron chi connectivity index (χ1n) is 5.86. The zero-order valence-corrected chi connectivity index (χ0v) is 12.0. The third kappa shape index (κ3) is 2.78. The van der Waals surface area contributed by atoms with E-state index in [4.69, 9.17) is 4.74 Å². The molecule has 0 saturated heterocycles. The molecule has 0 atom stereocenters. The molecule has 2 aromatic heterocycles. The Bertz CT molecular complexity index is 584. The van der Waals surface area contributed by atoms with Crippen LogP contribution in [0, 0.1) is 0 Å². The van der Waals surface area contributed by atoms with E-state index in [9.17, 15) is 4.79 Å². The van der Waals surface area contributed by atoms with Crippen molar-refractivity contribution in [3.8, 4) is 10.7 Å². The number of hydrogen-bond acceptors (Lipinski definition) is 7. The van der Waals surface area contributed by atoms with Crippen LogP contribution in [-0.4, -0.2) is 37.3 Å². The zero-order valence-electron chi connectivity index (χ0n) is 11.2. The molecule has 0 aromatic carbocycles. The second-order valence-corrected chi connectivity index (χ2v) is 5.68. The van der Waals surface area contributed by atoms with Gasteiger partial charge in [0.25, 0.3) is 5.82 Å². The zero-order chi connectivity index (χ0) is 14.0. The van der Waals surface area contributed by atoms with Gasteiger partial charge < -0.3 is 4.74 Å². The average molecular weight is 281 g/mol. The number of carbonyl (C=O) groups is 1. The van der Waals surface area contributed by atoms with Crippen molar-refractivity contribution in [2.75, 3.05) is 6.61 Å². The Morgan fingerprint density at radius 2 is 2.16 bits per heavy atom. The van der Waals surface area contributed by atoms with Crippen LogP contribution < -0.4 is 0 Å². The van der Waals surface area contributed by atoms with Crippen LogP contribution in [-0.2, 0) is 10.2 Å². The van der Waals surface area contributed by atoms with Gasteiger partial charge in [0, 0.05) is 5.41 Å². The van der Waals surface area contributed by atoms with Crippen LogP contribution in [0.2, 0.25) is 0 Å². The predicted octanol–water partition coefficient (Wildman–Crippen LogP) is 1.80. The number of ether oxygens (including phenoxy) is 1. The number of rotatable bonds is 3. The van der Waals surface area contributed by atoms with Gasteiger partial charge in [-0.1, -0.05) is 25.3 Å². The first-order valence-corrected chi connectivity index (χ1v) is 6.63. The summed E-state index contributed by atoms with van der Waals surface area (Å²) < 4.78 is 8.79. The van der Waals surface area contributed by atoms with Gasteiger partial charge in [-0.25, -0.2) is 9.78 Å². The minimum absolute atomic E-state index is 0.0186. The number of nitrogens with zero attached hydrogens (tertiary/aromatic N) is 4. The van der Waals surface area contributed by atoms with Crippen LogP contribution in [0.15, 0.2) is 0 Å². The molecule has 0 fully saturated rings. The summed E-state index contributed by atoms with van der Waals surface area (Å²) in [6.07, 6.45) is 0. The fourth-order valence-corrected chi connectivity index (χ4v) is 2.30. The van der Waals surface area contributed by atoms with Crippen molar-refractivity contribution in [1.29, 1.82) is 0 Å². The molecule has 0 aliphatic rings. The molecule has 0 bridgehead atoms. The highest BCUT2D eigenvalue weighted by Crippen LogP contribution is 2.31. The molecule has 0 spiro atoms. The summed E-state index contributed by atoms with van der Waals surface area (Å²) in [5.74, 6) is -0.0344. The summed E-state index contributed by atoms with van der Waals surface area (Å²) >= 11 is 1.22. The number of H-pyrrole nitrogens is 1. The smallest absolute Gasteiger partial charge is 0.378 e. The summed E-state index contributed by atoms with van der Waals surface area (Å²) in [4.78, 5) is 16.4. The van der Waals surface area contributed by atoms with E-state index in [0.717, 1.165) is 10.6 Å². The second kappa shape index (κ2) is 5.04. The van der Waals surface area contributed by atoms with Crippen molar-refractivity contribution >= 4 is 17.5 Å². The fourth-order valence-electron chi connectivity index (χ4n) is 1.49. The molecule has 1 N–H and O–H groups in total. The van der Waals surface area contributed by atoms with Gasteiger partial charge in [0.05, 0.1) is 12.3 Å². The first-order chi connectivity index (χ1) is 8.93. The molecule has 19 heavy (non-hydrogen) atoms. The molecule has 2 heterocycles. The molecule has 102 valence electrons. The second-order valence-electron chi connectivity index (χ2n) is 4.93. The predicted molar refractivity (Wildman–Crippen MR) is 69.9 cm³/mol. The lowest BCUT2D eigenvalue weighted by Gasteiger charge is -2.15. The highest BCUT2D eigenvalue weighted by Gasteiger charge is 2.26. The van der Waals surface area contributed by atoms with Gasteiger partial charge in [0.15, 0.2) is 5.82 Å². The number of aromatic nitrogens is 5. The molecular formula is C11H15N5O2S. The maximum Gasteiger partial charge on any atom is 0.378 e. The Balaban J connectivity index is 2.34. The topological polar surface area (TPSA) is 93.7 Å². The number of aromatic amines is 1. The summed E-state index contributed by atoms with van der Waals surface area (Å²) in [6, 6.07) is 0. The van der Waals surface area contributed by atoms with Gasteiger partial charge in [-0.05, 0) is 18.5 Å². The number of hydrogen-bond donors (Lipinski definition) is 1. The van der Waals surface area contributed by atoms with E-state index in [2.05, 4.69) is 24.8 Å². The maximum atomic E-state index is 11.5.